The molecule has 0 radical (unpaired) electrons. The zero-order chi connectivity index (χ0) is 17.7. The highest BCUT2D eigenvalue weighted by atomic mass is 16.6. The molecule has 0 aliphatic carbocycles. The maximum atomic E-state index is 11.2. The van der Waals surface area contributed by atoms with Crippen molar-refractivity contribution in [3.63, 3.8) is 0 Å². The first-order chi connectivity index (χ1) is 10.9. The van der Waals surface area contributed by atoms with Gasteiger partial charge in [0.05, 0.1) is 0 Å². The Morgan fingerprint density at radius 3 is 1.35 bits per heavy atom. The van der Waals surface area contributed by atoms with Gasteiger partial charge in [-0.05, 0) is 0 Å². The zero-order valence-corrected chi connectivity index (χ0v) is 12.5. The van der Waals surface area contributed by atoms with E-state index in [-0.39, 0.29) is 32.9 Å². The van der Waals surface area contributed by atoms with E-state index in [1.807, 2.05) is 0 Å². The van der Waals surface area contributed by atoms with Gasteiger partial charge in [-0.1, -0.05) is 19.7 Å². The van der Waals surface area contributed by atoms with E-state index in [0.717, 1.165) is 18.2 Å². The summed E-state index contributed by atoms with van der Waals surface area (Å²) in [5.74, 6) is -2.23. The monoisotopic (exact) mass is 326 g/mol. The van der Waals surface area contributed by atoms with Crippen molar-refractivity contribution >= 4 is 24.4 Å². The van der Waals surface area contributed by atoms with Crippen LogP contribution in [0.1, 0.15) is 0 Å². The van der Waals surface area contributed by atoms with Gasteiger partial charge < -0.3 is 18.9 Å². The van der Waals surface area contributed by atoms with Gasteiger partial charge >= 0.3 is 17.9 Å². The molecule has 0 unspecified atom stereocenters. The fourth-order valence-corrected chi connectivity index (χ4v) is 1.31. The predicted octanol–water partition coefficient (Wildman–Crippen LogP) is 0.333. The predicted molar refractivity (Wildman–Crippen MR) is 77.9 cm³/mol. The Morgan fingerprint density at radius 2 is 1.09 bits per heavy atom. The molecule has 0 aromatic rings. The summed E-state index contributed by atoms with van der Waals surface area (Å²) in [5.41, 5.74) is -1.28. The fraction of sp³-hybridized carbons (Fsp3) is 0.333. The van der Waals surface area contributed by atoms with Gasteiger partial charge in [-0.15, -0.1) is 0 Å². The maximum Gasteiger partial charge on any atom is 0.330 e. The molecule has 0 spiro atoms. The van der Waals surface area contributed by atoms with Crippen LogP contribution in [0.25, 0.3) is 0 Å². The van der Waals surface area contributed by atoms with Crippen molar-refractivity contribution in [2.75, 3.05) is 26.4 Å². The second-order valence-corrected chi connectivity index (χ2v) is 4.34. The van der Waals surface area contributed by atoms with Gasteiger partial charge in [0.25, 0.3) is 6.47 Å². The smallest absolute Gasteiger partial charge is 0.330 e. The van der Waals surface area contributed by atoms with Gasteiger partial charge in [-0.3, -0.25) is 4.79 Å². The lowest BCUT2D eigenvalue weighted by atomic mass is 9.92. The average Bonchev–Trinajstić information content (AvgIpc) is 2.59. The van der Waals surface area contributed by atoms with Crippen molar-refractivity contribution in [3.8, 4) is 0 Å². The molecule has 0 fully saturated rings. The summed E-state index contributed by atoms with van der Waals surface area (Å²) in [5, 5.41) is 0. The zero-order valence-electron chi connectivity index (χ0n) is 12.5. The lowest BCUT2D eigenvalue weighted by Crippen LogP contribution is -2.43. The first-order valence-corrected chi connectivity index (χ1v) is 6.36. The van der Waals surface area contributed by atoms with Crippen LogP contribution >= 0.6 is 0 Å². The molecule has 8 heteroatoms. The third-order valence-electron chi connectivity index (χ3n) is 2.52. The van der Waals surface area contributed by atoms with Gasteiger partial charge in [-0.2, -0.15) is 0 Å². The van der Waals surface area contributed by atoms with Crippen molar-refractivity contribution in [2.45, 2.75) is 0 Å². The van der Waals surface area contributed by atoms with Crippen LogP contribution < -0.4 is 0 Å². The van der Waals surface area contributed by atoms with E-state index in [1.165, 1.54) is 0 Å². The van der Waals surface area contributed by atoms with E-state index in [4.69, 9.17) is 14.2 Å². The van der Waals surface area contributed by atoms with Crippen LogP contribution in [-0.2, 0) is 38.1 Å². The van der Waals surface area contributed by atoms with Crippen molar-refractivity contribution < 1.29 is 38.1 Å². The van der Waals surface area contributed by atoms with Crippen LogP contribution in [0.4, 0.5) is 0 Å². The van der Waals surface area contributed by atoms with Gasteiger partial charge in [0.1, 0.15) is 31.8 Å². The van der Waals surface area contributed by atoms with E-state index >= 15 is 0 Å². The number of esters is 3. The number of rotatable bonds is 12. The van der Waals surface area contributed by atoms with Crippen LogP contribution in [0.2, 0.25) is 0 Å². The Bertz CT molecular complexity index is 420. The Morgan fingerprint density at radius 1 is 0.739 bits per heavy atom. The van der Waals surface area contributed by atoms with Gasteiger partial charge in [0, 0.05) is 18.2 Å². The third kappa shape index (κ3) is 8.20. The minimum atomic E-state index is -1.28. The molecule has 0 saturated carbocycles. The van der Waals surface area contributed by atoms with Crippen LogP contribution in [0.5, 0.6) is 0 Å². The first kappa shape index (κ1) is 20.1. The molecule has 0 aliphatic rings. The molecule has 23 heavy (non-hydrogen) atoms. The molecule has 0 aromatic heterocycles. The maximum absolute atomic E-state index is 11.2. The molecule has 0 bridgehead atoms. The molecule has 0 saturated heterocycles. The second kappa shape index (κ2) is 10.8. The Kier molecular flexibility index (Phi) is 9.42. The molecule has 0 aliphatic heterocycles. The molecule has 0 amide bonds. The molecular weight excluding hydrogens is 308 g/mol. The summed E-state index contributed by atoms with van der Waals surface area (Å²) >= 11 is 0. The highest BCUT2D eigenvalue weighted by Gasteiger charge is 2.36. The largest absolute Gasteiger partial charge is 0.467 e. The quantitative estimate of drug-likeness (QED) is 0.219. The summed E-state index contributed by atoms with van der Waals surface area (Å²) in [6.45, 7) is 8.52. The molecule has 0 heterocycles. The fourth-order valence-electron chi connectivity index (χ4n) is 1.31. The van der Waals surface area contributed by atoms with E-state index in [9.17, 15) is 19.2 Å². The number of carbonyl (C=O) groups excluding carboxylic acids is 4. The lowest BCUT2D eigenvalue weighted by molar-refractivity contribution is -0.162. The molecule has 0 N–H and O–H groups in total. The molecular formula is C15H18O8. The van der Waals surface area contributed by atoms with Gasteiger partial charge in [-0.25, -0.2) is 14.4 Å². The van der Waals surface area contributed by atoms with E-state index in [0.29, 0.717) is 0 Å². The van der Waals surface area contributed by atoms with Crippen LogP contribution in [0.3, 0.4) is 0 Å². The minimum absolute atomic E-state index is 0.161. The number of hydrogen-bond donors (Lipinski definition) is 0. The molecule has 0 rings (SSSR count). The standard InChI is InChI=1S/C15H18O8/c1-4-12(17)21-8-15(7-20-11-16,9-22-13(18)5-2)10-23-14(19)6-3/h4-6,11H,1-3,7-10H2. The Balaban J connectivity index is 5.16. The molecule has 0 atom stereocenters. The van der Waals surface area contributed by atoms with Gasteiger partial charge in [0.2, 0.25) is 0 Å². The van der Waals surface area contributed by atoms with E-state index in [2.05, 4.69) is 24.5 Å². The third-order valence-corrected chi connectivity index (χ3v) is 2.52. The highest BCUT2D eigenvalue weighted by Crippen LogP contribution is 2.21. The minimum Gasteiger partial charge on any atom is -0.467 e. The normalized spacial score (nSPS) is 9.91. The van der Waals surface area contributed by atoms with Crippen molar-refractivity contribution in [3.05, 3.63) is 38.0 Å². The summed E-state index contributed by atoms with van der Waals surface area (Å²) < 4.78 is 19.4. The Labute approximate surface area is 133 Å². The van der Waals surface area contributed by atoms with Gasteiger partial charge in [0.15, 0.2) is 0 Å². The molecule has 0 aromatic carbocycles. The number of hydrogen-bond acceptors (Lipinski definition) is 8. The van der Waals surface area contributed by atoms with Crippen LogP contribution in [0.15, 0.2) is 38.0 Å². The van der Waals surface area contributed by atoms with Crippen molar-refractivity contribution in [2.24, 2.45) is 5.41 Å². The Hall–Kier alpha value is -2.90. The number of ether oxygens (including phenoxy) is 4. The second-order valence-electron chi connectivity index (χ2n) is 4.34. The van der Waals surface area contributed by atoms with Crippen LogP contribution in [0, 0.1) is 5.41 Å². The van der Waals surface area contributed by atoms with E-state index in [1.54, 1.807) is 0 Å². The lowest BCUT2D eigenvalue weighted by Gasteiger charge is -2.30. The van der Waals surface area contributed by atoms with E-state index < -0.39 is 23.3 Å². The summed E-state index contributed by atoms with van der Waals surface area (Å²) in [4.78, 5) is 44.1. The molecule has 8 nitrogen and oxygen atoms in total. The van der Waals surface area contributed by atoms with Crippen molar-refractivity contribution in [1.82, 2.24) is 0 Å². The van der Waals surface area contributed by atoms with Crippen LogP contribution in [-0.4, -0.2) is 50.8 Å². The summed E-state index contributed by atoms with van der Waals surface area (Å²) in [7, 11) is 0. The highest BCUT2D eigenvalue weighted by molar-refractivity contribution is 5.82. The molecule has 126 valence electrons. The first-order valence-electron chi connectivity index (χ1n) is 6.36. The van der Waals surface area contributed by atoms with Crippen molar-refractivity contribution in [1.29, 1.82) is 0 Å². The summed E-state index contributed by atoms with van der Waals surface area (Å²) in [6, 6.07) is 0. The average molecular weight is 326 g/mol. The summed E-state index contributed by atoms with van der Waals surface area (Å²) in [6.07, 6.45) is 2.78. The SMILES string of the molecule is C=CC(=O)OCC(COC=O)(COC(=O)C=C)COC(=O)C=C. The topological polar surface area (TPSA) is 105 Å². The number of carbonyl (C=O) groups is 4.